The van der Waals surface area contributed by atoms with Gasteiger partial charge in [0.05, 0.1) is 0 Å². The average molecular weight is 234 g/mol. The highest BCUT2D eigenvalue weighted by Crippen LogP contribution is 2.25. The molecule has 0 fully saturated rings. The van der Waals surface area contributed by atoms with Crippen LogP contribution in [0.25, 0.3) is 0 Å². The van der Waals surface area contributed by atoms with Crippen LogP contribution in [0.1, 0.15) is 26.7 Å². The van der Waals surface area contributed by atoms with Crippen LogP contribution in [0.5, 0.6) is 0 Å². The van der Waals surface area contributed by atoms with Gasteiger partial charge in [0, 0.05) is 17.7 Å². The van der Waals surface area contributed by atoms with Gasteiger partial charge in [0.25, 0.3) is 6.08 Å². The van der Waals surface area contributed by atoms with Gasteiger partial charge in [0.1, 0.15) is 0 Å². The van der Waals surface area contributed by atoms with Crippen LogP contribution in [0.4, 0.5) is 8.78 Å². The zero-order valence-corrected chi connectivity index (χ0v) is 11.2. The lowest BCUT2D eigenvalue weighted by Crippen LogP contribution is -2.40. The topological polar surface area (TPSA) is 6.48 Å². The van der Waals surface area contributed by atoms with E-state index in [9.17, 15) is 8.78 Å². The van der Waals surface area contributed by atoms with Crippen molar-refractivity contribution >= 4 is 0 Å². The Morgan fingerprint density at radius 3 is 1.31 bits per heavy atom. The van der Waals surface area contributed by atoms with Crippen molar-refractivity contribution in [1.82, 2.24) is 9.80 Å². The average Bonchev–Trinajstić information content (AvgIpc) is 2.16. The number of rotatable bonds is 6. The van der Waals surface area contributed by atoms with E-state index in [4.69, 9.17) is 0 Å². The van der Waals surface area contributed by atoms with Crippen molar-refractivity contribution in [2.24, 2.45) is 0 Å². The molecule has 0 saturated heterocycles. The first-order valence-electron chi connectivity index (χ1n) is 5.74. The molecule has 0 amide bonds. The van der Waals surface area contributed by atoms with E-state index in [1.165, 1.54) is 0 Å². The lowest BCUT2D eigenvalue weighted by molar-refractivity contribution is 0.234. The van der Waals surface area contributed by atoms with Crippen molar-refractivity contribution in [3.63, 3.8) is 0 Å². The van der Waals surface area contributed by atoms with Gasteiger partial charge in [-0.15, -0.1) is 0 Å². The Kier molecular flexibility index (Phi) is 6.76. The highest BCUT2D eigenvalue weighted by Gasteiger charge is 2.27. The van der Waals surface area contributed by atoms with Crippen molar-refractivity contribution in [3.8, 4) is 0 Å². The zero-order chi connectivity index (χ0) is 12.9. The van der Waals surface area contributed by atoms with Crippen LogP contribution in [0.2, 0.25) is 0 Å². The molecule has 2 unspecified atom stereocenters. The summed E-state index contributed by atoms with van der Waals surface area (Å²) in [7, 11) is 7.39. The Labute approximate surface area is 97.9 Å². The van der Waals surface area contributed by atoms with E-state index in [2.05, 4.69) is 0 Å². The standard InChI is InChI=1S/C12H24F2N2/c1-7-9(15(3)4)11(12(13)14)10(8-2)16(5)6/h9-10H,7-8H2,1-6H3. The van der Waals surface area contributed by atoms with Crippen LogP contribution < -0.4 is 0 Å². The molecule has 2 atom stereocenters. The van der Waals surface area contributed by atoms with Crippen molar-refractivity contribution < 1.29 is 8.78 Å². The third kappa shape index (κ3) is 3.83. The maximum Gasteiger partial charge on any atom is 0.272 e. The Hall–Kier alpha value is -0.480. The predicted octanol–water partition coefficient (Wildman–Crippen LogP) is 2.82. The summed E-state index contributed by atoms with van der Waals surface area (Å²) in [6.45, 7) is 3.88. The minimum absolute atomic E-state index is 0.183. The fourth-order valence-electron chi connectivity index (χ4n) is 2.20. The molecule has 0 spiro atoms. The van der Waals surface area contributed by atoms with Crippen molar-refractivity contribution in [2.75, 3.05) is 28.2 Å². The van der Waals surface area contributed by atoms with E-state index in [1.54, 1.807) is 0 Å². The van der Waals surface area contributed by atoms with E-state index < -0.39 is 6.08 Å². The lowest BCUT2D eigenvalue weighted by atomic mass is 9.94. The second-order valence-electron chi connectivity index (χ2n) is 4.49. The molecular formula is C12H24F2N2. The Morgan fingerprint density at radius 1 is 0.875 bits per heavy atom. The Bertz CT molecular complexity index is 215. The smallest absolute Gasteiger partial charge is 0.272 e. The molecule has 0 radical (unpaired) electrons. The van der Waals surface area contributed by atoms with E-state index >= 15 is 0 Å². The normalized spacial score (nSPS) is 15.4. The first kappa shape index (κ1) is 15.5. The maximum absolute atomic E-state index is 13.1. The van der Waals surface area contributed by atoms with Gasteiger partial charge < -0.3 is 9.80 Å². The van der Waals surface area contributed by atoms with Gasteiger partial charge >= 0.3 is 0 Å². The summed E-state index contributed by atoms with van der Waals surface area (Å²) in [5.41, 5.74) is 0.264. The summed E-state index contributed by atoms with van der Waals surface area (Å²) < 4.78 is 26.2. The van der Waals surface area contributed by atoms with Crippen LogP contribution in [-0.4, -0.2) is 50.1 Å². The molecule has 96 valence electrons. The number of hydrogen-bond acceptors (Lipinski definition) is 2. The largest absolute Gasteiger partial charge is 0.302 e. The molecule has 2 nitrogen and oxygen atoms in total. The Morgan fingerprint density at radius 2 is 1.19 bits per heavy atom. The number of halogens is 2. The van der Waals surface area contributed by atoms with Gasteiger partial charge in [0.15, 0.2) is 0 Å². The number of hydrogen-bond donors (Lipinski definition) is 0. The SMILES string of the molecule is CCC(C(=C(F)F)C(CC)N(C)C)N(C)C. The summed E-state index contributed by atoms with van der Waals surface area (Å²) in [5.74, 6) is 0. The molecule has 0 aliphatic heterocycles. The predicted molar refractivity (Wildman–Crippen MR) is 64.8 cm³/mol. The van der Waals surface area contributed by atoms with Gasteiger partial charge in [0.2, 0.25) is 0 Å². The van der Waals surface area contributed by atoms with Gasteiger partial charge in [-0.1, -0.05) is 13.8 Å². The molecule has 0 aliphatic rings. The van der Waals surface area contributed by atoms with Crippen LogP contribution in [-0.2, 0) is 0 Å². The third-order valence-corrected chi connectivity index (χ3v) is 2.96. The molecule has 0 N–H and O–H groups in total. The summed E-state index contributed by atoms with van der Waals surface area (Å²) in [6, 6.07) is -0.366. The van der Waals surface area contributed by atoms with E-state index in [0.717, 1.165) is 0 Å². The second-order valence-corrected chi connectivity index (χ2v) is 4.49. The molecule has 0 aromatic heterocycles. The molecule has 0 bridgehead atoms. The highest BCUT2D eigenvalue weighted by molar-refractivity contribution is 5.18. The maximum atomic E-state index is 13.1. The molecule has 0 aliphatic carbocycles. The first-order chi connectivity index (χ1) is 7.36. The summed E-state index contributed by atoms with van der Waals surface area (Å²) in [5, 5.41) is 0. The van der Waals surface area contributed by atoms with Crippen LogP contribution >= 0.6 is 0 Å². The lowest BCUT2D eigenvalue weighted by Gasteiger charge is -2.33. The molecule has 0 saturated carbocycles. The fourth-order valence-corrected chi connectivity index (χ4v) is 2.20. The minimum Gasteiger partial charge on any atom is -0.302 e. The minimum atomic E-state index is -1.53. The molecular weight excluding hydrogens is 210 g/mol. The van der Waals surface area contributed by atoms with Crippen molar-refractivity contribution in [2.45, 2.75) is 38.8 Å². The van der Waals surface area contributed by atoms with Crippen LogP contribution in [0.15, 0.2) is 11.7 Å². The highest BCUT2D eigenvalue weighted by atomic mass is 19.3. The van der Waals surface area contributed by atoms with Crippen LogP contribution in [0.3, 0.4) is 0 Å². The molecule has 0 aromatic rings. The van der Waals surface area contributed by atoms with Gasteiger partial charge in [-0.3, -0.25) is 0 Å². The first-order valence-corrected chi connectivity index (χ1v) is 5.74. The van der Waals surface area contributed by atoms with Gasteiger partial charge in [-0.2, -0.15) is 8.78 Å². The van der Waals surface area contributed by atoms with E-state index in [0.29, 0.717) is 12.8 Å². The summed E-state index contributed by atoms with van der Waals surface area (Å²) in [6.07, 6.45) is -0.130. The molecule has 16 heavy (non-hydrogen) atoms. The quantitative estimate of drug-likeness (QED) is 0.697. The molecule has 4 heteroatoms. The monoisotopic (exact) mass is 234 g/mol. The molecule has 0 heterocycles. The van der Waals surface area contributed by atoms with Gasteiger partial charge in [-0.05, 0) is 41.0 Å². The number of nitrogens with zero attached hydrogens (tertiary/aromatic N) is 2. The van der Waals surface area contributed by atoms with E-state index in [-0.39, 0.29) is 17.7 Å². The van der Waals surface area contributed by atoms with Crippen molar-refractivity contribution in [3.05, 3.63) is 11.7 Å². The summed E-state index contributed by atoms with van der Waals surface area (Å²) in [4.78, 5) is 3.72. The Balaban J connectivity index is 5.22. The number of likely N-dealkylation sites (N-methyl/N-ethyl adjacent to an activating group) is 2. The van der Waals surface area contributed by atoms with E-state index in [1.807, 2.05) is 51.8 Å². The zero-order valence-electron chi connectivity index (χ0n) is 11.2. The van der Waals surface area contributed by atoms with Crippen molar-refractivity contribution in [1.29, 1.82) is 0 Å². The third-order valence-electron chi connectivity index (χ3n) is 2.96. The molecule has 0 aromatic carbocycles. The molecule has 0 rings (SSSR count). The van der Waals surface area contributed by atoms with Crippen LogP contribution in [0, 0.1) is 0 Å². The van der Waals surface area contributed by atoms with Gasteiger partial charge in [-0.25, -0.2) is 0 Å². The second kappa shape index (κ2) is 6.97. The fraction of sp³-hybridized carbons (Fsp3) is 0.833. The summed E-state index contributed by atoms with van der Waals surface area (Å²) >= 11 is 0.